The first-order valence-corrected chi connectivity index (χ1v) is 9.46. The van der Waals surface area contributed by atoms with Crippen molar-refractivity contribution in [3.63, 3.8) is 0 Å². The molecule has 1 atom stereocenters. The largest absolute Gasteiger partial charge is 0.497 e. The molecule has 0 spiro atoms. The Balaban J connectivity index is 1.81. The van der Waals surface area contributed by atoms with E-state index in [1.54, 1.807) is 26.4 Å². The van der Waals surface area contributed by atoms with E-state index in [0.717, 1.165) is 33.8 Å². The van der Waals surface area contributed by atoms with Gasteiger partial charge in [-0.05, 0) is 60.0 Å². The van der Waals surface area contributed by atoms with Gasteiger partial charge in [-0.3, -0.25) is 4.79 Å². The molecule has 3 N–H and O–H groups in total. The molecular weight excluding hydrogens is 364 g/mol. The van der Waals surface area contributed by atoms with Gasteiger partial charge in [-0.1, -0.05) is 30.3 Å². The Labute approximate surface area is 171 Å². The summed E-state index contributed by atoms with van der Waals surface area (Å²) >= 11 is 0. The minimum Gasteiger partial charge on any atom is -0.497 e. The van der Waals surface area contributed by atoms with E-state index in [0.29, 0.717) is 12.1 Å². The van der Waals surface area contributed by atoms with E-state index in [2.05, 4.69) is 24.4 Å². The predicted molar refractivity (Wildman–Crippen MR) is 115 cm³/mol. The van der Waals surface area contributed by atoms with Crippen molar-refractivity contribution in [1.82, 2.24) is 5.32 Å². The van der Waals surface area contributed by atoms with Gasteiger partial charge in [0.05, 0.1) is 14.2 Å². The second kappa shape index (κ2) is 9.26. The van der Waals surface area contributed by atoms with Crippen molar-refractivity contribution in [2.24, 2.45) is 5.73 Å². The van der Waals surface area contributed by atoms with Crippen LogP contribution in [0.15, 0.2) is 66.7 Å². The molecule has 0 aliphatic rings. The van der Waals surface area contributed by atoms with Crippen LogP contribution < -0.4 is 20.5 Å². The number of carbonyl (C=O) groups excluding carboxylic acids is 1. The van der Waals surface area contributed by atoms with Crippen molar-refractivity contribution in [3.8, 4) is 22.6 Å². The number of benzene rings is 3. The quantitative estimate of drug-likeness (QED) is 0.601. The molecular formula is C24H26N2O3. The maximum atomic E-state index is 11.5. The van der Waals surface area contributed by atoms with Crippen molar-refractivity contribution >= 4 is 5.91 Å². The number of carbonyl (C=O) groups is 1. The highest BCUT2D eigenvalue weighted by atomic mass is 16.5. The van der Waals surface area contributed by atoms with E-state index in [1.165, 1.54) is 0 Å². The minimum absolute atomic E-state index is 0.161. The SMILES string of the molecule is COc1cccc(C(C)NCc2ccc(OC)c(-c3cccc(C(N)=O)c3)c2)c1. The zero-order valence-corrected chi connectivity index (χ0v) is 16.9. The lowest BCUT2D eigenvalue weighted by atomic mass is 9.99. The highest BCUT2D eigenvalue weighted by molar-refractivity contribution is 5.94. The number of rotatable bonds is 8. The predicted octanol–water partition coefficient (Wildman–Crippen LogP) is 4.32. The fourth-order valence-electron chi connectivity index (χ4n) is 3.23. The second-order valence-corrected chi connectivity index (χ2v) is 6.86. The molecule has 0 aliphatic carbocycles. The van der Waals surface area contributed by atoms with Gasteiger partial charge in [0.1, 0.15) is 11.5 Å². The van der Waals surface area contributed by atoms with Crippen LogP contribution in [-0.2, 0) is 6.54 Å². The average molecular weight is 390 g/mol. The van der Waals surface area contributed by atoms with Crippen LogP contribution in [0, 0.1) is 0 Å². The molecule has 0 radical (unpaired) electrons. The molecule has 0 saturated carbocycles. The number of nitrogens with one attached hydrogen (secondary N) is 1. The van der Waals surface area contributed by atoms with Crippen molar-refractivity contribution in [3.05, 3.63) is 83.4 Å². The summed E-state index contributed by atoms with van der Waals surface area (Å²) in [6.45, 7) is 2.81. The van der Waals surface area contributed by atoms with Gasteiger partial charge in [-0.15, -0.1) is 0 Å². The van der Waals surface area contributed by atoms with E-state index >= 15 is 0 Å². The van der Waals surface area contributed by atoms with Crippen molar-refractivity contribution in [2.45, 2.75) is 19.5 Å². The Morgan fingerprint density at radius 2 is 1.79 bits per heavy atom. The zero-order valence-electron chi connectivity index (χ0n) is 16.9. The fraction of sp³-hybridized carbons (Fsp3) is 0.208. The summed E-state index contributed by atoms with van der Waals surface area (Å²) in [7, 11) is 3.31. The highest BCUT2D eigenvalue weighted by Gasteiger charge is 2.11. The monoisotopic (exact) mass is 390 g/mol. The number of hydrogen-bond acceptors (Lipinski definition) is 4. The van der Waals surface area contributed by atoms with Gasteiger partial charge in [0.15, 0.2) is 0 Å². The Bertz CT molecular complexity index is 1000. The third-order valence-electron chi connectivity index (χ3n) is 4.93. The lowest BCUT2D eigenvalue weighted by Gasteiger charge is -2.17. The number of amides is 1. The molecule has 3 aromatic carbocycles. The van der Waals surface area contributed by atoms with Crippen LogP contribution in [0.3, 0.4) is 0 Å². The van der Waals surface area contributed by atoms with Gasteiger partial charge < -0.3 is 20.5 Å². The highest BCUT2D eigenvalue weighted by Crippen LogP contribution is 2.31. The van der Waals surface area contributed by atoms with Crippen LogP contribution in [0.5, 0.6) is 11.5 Å². The lowest BCUT2D eigenvalue weighted by Crippen LogP contribution is -2.18. The molecule has 5 heteroatoms. The molecule has 0 bridgehead atoms. The molecule has 0 heterocycles. The molecule has 3 aromatic rings. The Kier molecular flexibility index (Phi) is 6.52. The lowest BCUT2D eigenvalue weighted by molar-refractivity contribution is 0.100. The van der Waals surface area contributed by atoms with Crippen LogP contribution in [-0.4, -0.2) is 20.1 Å². The fourth-order valence-corrected chi connectivity index (χ4v) is 3.23. The summed E-state index contributed by atoms with van der Waals surface area (Å²) in [5.74, 6) is 1.14. The van der Waals surface area contributed by atoms with Crippen LogP contribution >= 0.6 is 0 Å². The third kappa shape index (κ3) is 4.95. The molecule has 150 valence electrons. The van der Waals surface area contributed by atoms with Gasteiger partial charge in [0.25, 0.3) is 0 Å². The summed E-state index contributed by atoms with van der Waals surface area (Å²) in [5, 5.41) is 3.54. The first-order valence-electron chi connectivity index (χ1n) is 9.46. The maximum absolute atomic E-state index is 11.5. The van der Waals surface area contributed by atoms with Gasteiger partial charge >= 0.3 is 0 Å². The summed E-state index contributed by atoms with van der Waals surface area (Å²) < 4.78 is 10.8. The van der Waals surface area contributed by atoms with Gasteiger partial charge in [0.2, 0.25) is 5.91 Å². The normalized spacial score (nSPS) is 11.7. The van der Waals surface area contributed by atoms with Crippen molar-refractivity contribution in [1.29, 1.82) is 0 Å². The topological polar surface area (TPSA) is 73.6 Å². The number of nitrogens with two attached hydrogens (primary N) is 1. The smallest absolute Gasteiger partial charge is 0.248 e. The molecule has 0 fully saturated rings. The molecule has 5 nitrogen and oxygen atoms in total. The molecule has 0 saturated heterocycles. The Hall–Kier alpha value is -3.31. The number of ether oxygens (including phenoxy) is 2. The molecule has 0 aliphatic heterocycles. The molecule has 1 unspecified atom stereocenters. The summed E-state index contributed by atoms with van der Waals surface area (Å²) in [5.41, 5.74) is 9.98. The molecule has 29 heavy (non-hydrogen) atoms. The van der Waals surface area contributed by atoms with E-state index in [1.807, 2.05) is 42.5 Å². The van der Waals surface area contributed by atoms with Crippen LogP contribution in [0.4, 0.5) is 0 Å². The van der Waals surface area contributed by atoms with Crippen molar-refractivity contribution < 1.29 is 14.3 Å². The Morgan fingerprint density at radius 1 is 1.00 bits per heavy atom. The first kappa shape index (κ1) is 20.4. The van der Waals surface area contributed by atoms with E-state index in [9.17, 15) is 4.79 Å². The van der Waals surface area contributed by atoms with E-state index in [4.69, 9.17) is 15.2 Å². The number of methoxy groups -OCH3 is 2. The Morgan fingerprint density at radius 3 is 2.52 bits per heavy atom. The van der Waals surface area contributed by atoms with Crippen LogP contribution in [0.25, 0.3) is 11.1 Å². The summed E-state index contributed by atoms with van der Waals surface area (Å²) in [4.78, 5) is 11.5. The van der Waals surface area contributed by atoms with E-state index in [-0.39, 0.29) is 6.04 Å². The maximum Gasteiger partial charge on any atom is 0.248 e. The molecule has 0 aromatic heterocycles. The standard InChI is InChI=1S/C24H26N2O3/c1-16(18-6-5-9-21(14-18)28-2)26-15-17-10-11-23(29-3)22(12-17)19-7-4-8-20(13-19)24(25)27/h4-14,16,26H,15H2,1-3H3,(H2,25,27). The van der Waals surface area contributed by atoms with Gasteiger partial charge in [-0.2, -0.15) is 0 Å². The zero-order chi connectivity index (χ0) is 20.8. The number of primary amides is 1. The first-order chi connectivity index (χ1) is 14.0. The average Bonchev–Trinajstić information content (AvgIpc) is 2.77. The third-order valence-corrected chi connectivity index (χ3v) is 4.93. The summed E-state index contributed by atoms with van der Waals surface area (Å²) in [6.07, 6.45) is 0. The van der Waals surface area contributed by atoms with Crippen molar-refractivity contribution in [2.75, 3.05) is 14.2 Å². The number of hydrogen-bond donors (Lipinski definition) is 2. The van der Waals surface area contributed by atoms with Crippen LogP contribution in [0.1, 0.15) is 34.5 Å². The molecule has 1 amide bonds. The summed E-state index contributed by atoms with van der Waals surface area (Å²) in [6, 6.07) is 21.5. The van der Waals surface area contributed by atoms with Gasteiger partial charge in [0, 0.05) is 23.7 Å². The van der Waals surface area contributed by atoms with Gasteiger partial charge in [-0.25, -0.2) is 0 Å². The molecule has 3 rings (SSSR count). The second-order valence-electron chi connectivity index (χ2n) is 6.86. The van der Waals surface area contributed by atoms with Crippen LogP contribution in [0.2, 0.25) is 0 Å². The van der Waals surface area contributed by atoms with E-state index < -0.39 is 5.91 Å². The minimum atomic E-state index is -0.448.